The normalized spacial score (nSPS) is 13.2. The van der Waals surface area contributed by atoms with Crippen LogP contribution >= 0.6 is 0 Å². The number of hydrogen-bond donors (Lipinski definition) is 1. The Hall–Kier alpha value is -1.72. The average Bonchev–Trinajstić information content (AvgIpc) is 2.40. The summed E-state index contributed by atoms with van der Waals surface area (Å²) in [5, 5.41) is 0. The largest absolute Gasteiger partial charge is 0.320 e. The van der Waals surface area contributed by atoms with Gasteiger partial charge in [0.2, 0.25) is 0 Å². The molecule has 1 unspecified atom stereocenters. The van der Waals surface area contributed by atoms with Gasteiger partial charge in [0.15, 0.2) is 9.84 Å². The van der Waals surface area contributed by atoms with Crippen molar-refractivity contribution < 1.29 is 12.8 Å². The molecule has 0 aromatic heterocycles. The van der Waals surface area contributed by atoms with Crippen molar-refractivity contribution in [3.63, 3.8) is 0 Å². The van der Waals surface area contributed by atoms with Crippen LogP contribution in [0, 0.1) is 12.7 Å². The highest BCUT2D eigenvalue weighted by molar-refractivity contribution is 7.90. The maximum Gasteiger partial charge on any atom is 0.175 e. The average molecular weight is 293 g/mol. The maximum atomic E-state index is 13.3. The first-order valence-corrected chi connectivity index (χ1v) is 8.00. The fourth-order valence-corrected chi connectivity index (χ4v) is 2.67. The molecule has 0 saturated carbocycles. The van der Waals surface area contributed by atoms with E-state index in [1.54, 1.807) is 37.3 Å². The van der Waals surface area contributed by atoms with Crippen molar-refractivity contribution in [2.45, 2.75) is 17.9 Å². The number of rotatable bonds is 3. The second-order valence-electron chi connectivity index (χ2n) is 4.83. The Bertz CT molecular complexity index is 741. The molecule has 1 atom stereocenters. The highest BCUT2D eigenvalue weighted by Gasteiger charge is 2.13. The van der Waals surface area contributed by atoms with Crippen molar-refractivity contribution in [3.8, 4) is 0 Å². The summed E-state index contributed by atoms with van der Waals surface area (Å²) in [5.41, 5.74) is 8.07. The summed E-state index contributed by atoms with van der Waals surface area (Å²) in [5.74, 6) is -0.286. The van der Waals surface area contributed by atoms with Gasteiger partial charge in [-0.2, -0.15) is 0 Å². The smallest absolute Gasteiger partial charge is 0.175 e. The van der Waals surface area contributed by atoms with Gasteiger partial charge in [0, 0.05) is 6.26 Å². The molecule has 0 aliphatic heterocycles. The minimum Gasteiger partial charge on any atom is -0.320 e. The van der Waals surface area contributed by atoms with E-state index >= 15 is 0 Å². The van der Waals surface area contributed by atoms with Crippen molar-refractivity contribution in [2.75, 3.05) is 6.26 Å². The van der Waals surface area contributed by atoms with Crippen molar-refractivity contribution in [2.24, 2.45) is 5.73 Å². The summed E-state index contributed by atoms with van der Waals surface area (Å²) < 4.78 is 36.4. The highest BCUT2D eigenvalue weighted by atomic mass is 32.2. The van der Waals surface area contributed by atoms with Gasteiger partial charge in [0.05, 0.1) is 10.9 Å². The minimum atomic E-state index is -3.27. The van der Waals surface area contributed by atoms with Gasteiger partial charge in [-0.05, 0) is 41.8 Å². The molecule has 0 radical (unpaired) electrons. The lowest BCUT2D eigenvalue weighted by molar-refractivity contribution is 0.601. The number of halogens is 1. The van der Waals surface area contributed by atoms with Gasteiger partial charge in [-0.25, -0.2) is 12.8 Å². The summed E-state index contributed by atoms with van der Waals surface area (Å²) in [4.78, 5) is 0.226. The third kappa shape index (κ3) is 3.05. The zero-order valence-corrected chi connectivity index (χ0v) is 12.1. The van der Waals surface area contributed by atoms with Gasteiger partial charge in [-0.3, -0.25) is 0 Å². The third-order valence-corrected chi connectivity index (χ3v) is 4.30. The standard InChI is InChI=1S/C15H16FNO2S/c1-10-8-12(6-7-14(10)16)15(17)11-4-3-5-13(9-11)20(2,18)19/h3-9,15H,17H2,1-2H3. The number of hydrogen-bond acceptors (Lipinski definition) is 3. The quantitative estimate of drug-likeness (QED) is 0.946. The van der Waals surface area contributed by atoms with E-state index in [1.165, 1.54) is 12.1 Å². The second-order valence-corrected chi connectivity index (χ2v) is 6.85. The Balaban J connectivity index is 2.43. The molecule has 0 aliphatic carbocycles. The molecule has 3 nitrogen and oxygen atoms in total. The van der Waals surface area contributed by atoms with Crippen LogP contribution < -0.4 is 5.73 Å². The Morgan fingerprint density at radius 2 is 1.75 bits per heavy atom. The summed E-state index contributed by atoms with van der Waals surface area (Å²) >= 11 is 0. The fourth-order valence-electron chi connectivity index (χ4n) is 1.99. The Morgan fingerprint density at radius 3 is 2.35 bits per heavy atom. The maximum absolute atomic E-state index is 13.3. The first-order valence-electron chi connectivity index (χ1n) is 6.10. The van der Waals surface area contributed by atoms with Gasteiger partial charge >= 0.3 is 0 Å². The van der Waals surface area contributed by atoms with Crippen LogP contribution in [0.15, 0.2) is 47.4 Å². The van der Waals surface area contributed by atoms with E-state index in [1.807, 2.05) is 0 Å². The molecule has 20 heavy (non-hydrogen) atoms. The Morgan fingerprint density at radius 1 is 1.10 bits per heavy atom. The first kappa shape index (κ1) is 14.7. The number of benzene rings is 2. The minimum absolute atomic E-state index is 0.226. The van der Waals surface area contributed by atoms with Crippen LogP contribution in [0.25, 0.3) is 0 Å². The molecule has 0 amide bonds. The van der Waals surface area contributed by atoms with Crippen LogP contribution in [-0.4, -0.2) is 14.7 Å². The van der Waals surface area contributed by atoms with Gasteiger partial charge in [0.25, 0.3) is 0 Å². The van der Waals surface area contributed by atoms with Gasteiger partial charge in [0.1, 0.15) is 5.82 Å². The molecule has 2 rings (SSSR count). The van der Waals surface area contributed by atoms with E-state index in [0.717, 1.165) is 11.8 Å². The summed E-state index contributed by atoms with van der Waals surface area (Å²) in [6.07, 6.45) is 1.15. The van der Waals surface area contributed by atoms with E-state index < -0.39 is 15.9 Å². The van der Waals surface area contributed by atoms with E-state index in [-0.39, 0.29) is 10.7 Å². The van der Waals surface area contributed by atoms with Crippen molar-refractivity contribution in [1.29, 1.82) is 0 Å². The monoisotopic (exact) mass is 293 g/mol. The fraction of sp³-hybridized carbons (Fsp3) is 0.200. The Labute approximate surface area is 118 Å². The van der Waals surface area contributed by atoms with Crippen LogP contribution in [0.4, 0.5) is 4.39 Å². The van der Waals surface area contributed by atoms with E-state index in [2.05, 4.69) is 0 Å². The summed E-state index contributed by atoms with van der Waals surface area (Å²) in [6, 6.07) is 10.7. The molecule has 5 heteroatoms. The van der Waals surface area contributed by atoms with Crippen molar-refractivity contribution in [1.82, 2.24) is 0 Å². The van der Waals surface area contributed by atoms with Crippen LogP contribution in [0.5, 0.6) is 0 Å². The molecule has 0 aliphatic rings. The predicted molar refractivity (Wildman–Crippen MR) is 76.7 cm³/mol. The van der Waals surface area contributed by atoms with Crippen molar-refractivity contribution in [3.05, 3.63) is 65.0 Å². The van der Waals surface area contributed by atoms with Crippen molar-refractivity contribution >= 4 is 9.84 Å². The zero-order valence-electron chi connectivity index (χ0n) is 11.3. The van der Waals surface area contributed by atoms with E-state index in [0.29, 0.717) is 11.1 Å². The van der Waals surface area contributed by atoms with E-state index in [4.69, 9.17) is 5.73 Å². The molecule has 0 heterocycles. The first-order chi connectivity index (χ1) is 9.29. The molecular formula is C15H16FNO2S. The van der Waals surface area contributed by atoms with Crippen LogP contribution in [0.2, 0.25) is 0 Å². The molecular weight excluding hydrogens is 277 g/mol. The molecule has 0 saturated heterocycles. The molecule has 2 aromatic carbocycles. The topological polar surface area (TPSA) is 60.2 Å². The molecule has 0 spiro atoms. The molecule has 106 valence electrons. The number of sulfone groups is 1. The summed E-state index contributed by atoms with van der Waals surface area (Å²) in [6.45, 7) is 1.67. The van der Waals surface area contributed by atoms with Gasteiger partial charge < -0.3 is 5.73 Å². The number of nitrogens with two attached hydrogens (primary N) is 1. The van der Waals surface area contributed by atoms with Crippen LogP contribution in [-0.2, 0) is 9.84 Å². The lowest BCUT2D eigenvalue weighted by Crippen LogP contribution is -2.13. The SMILES string of the molecule is Cc1cc(C(N)c2cccc(S(C)(=O)=O)c2)ccc1F. The molecule has 2 N–H and O–H groups in total. The molecule has 0 bridgehead atoms. The molecule has 2 aromatic rings. The van der Waals surface area contributed by atoms with Crippen LogP contribution in [0.1, 0.15) is 22.7 Å². The third-order valence-electron chi connectivity index (χ3n) is 3.19. The molecule has 0 fully saturated rings. The number of aryl methyl sites for hydroxylation is 1. The predicted octanol–water partition coefficient (Wildman–Crippen LogP) is 2.59. The van der Waals surface area contributed by atoms with Gasteiger partial charge in [-0.1, -0.05) is 24.3 Å². The summed E-state index contributed by atoms with van der Waals surface area (Å²) in [7, 11) is -3.27. The second kappa shape index (κ2) is 5.34. The highest BCUT2D eigenvalue weighted by Crippen LogP contribution is 2.23. The zero-order chi connectivity index (χ0) is 14.9. The van der Waals surface area contributed by atoms with E-state index in [9.17, 15) is 12.8 Å². The lowest BCUT2D eigenvalue weighted by Gasteiger charge is -2.14. The lowest BCUT2D eigenvalue weighted by atomic mass is 9.98. The van der Waals surface area contributed by atoms with Gasteiger partial charge in [-0.15, -0.1) is 0 Å². The Kier molecular flexibility index (Phi) is 3.92. The van der Waals surface area contributed by atoms with Crippen LogP contribution in [0.3, 0.4) is 0 Å².